The average Bonchev–Trinajstić information content (AvgIpc) is 3.33. The predicted octanol–water partition coefficient (Wildman–Crippen LogP) is 3.99. The third-order valence-corrected chi connectivity index (χ3v) is 5.99. The van der Waals surface area contributed by atoms with Crippen molar-refractivity contribution >= 4 is 11.8 Å². The largest absolute Gasteiger partial charge is 0.493 e. The van der Waals surface area contributed by atoms with Gasteiger partial charge in [-0.1, -0.05) is 12.1 Å². The Morgan fingerprint density at radius 2 is 1.50 bits per heavy atom. The number of ether oxygens (including phenoxy) is 1. The number of carbonyl (C=O) groups excluding carboxylic acids is 2. The molecule has 5 nitrogen and oxygen atoms in total. The molecule has 2 saturated heterocycles. The van der Waals surface area contributed by atoms with E-state index in [0.29, 0.717) is 31.2 Å². The number of hydrogen-bond donors (Lipinski definition) is 0. The fraction of sp³-hybridized carbons (Fsp3) is 0.417. The summed E-state index contributed by atoms with van der Waals surface area (Å²) >= 11 is 0. The van der Waals surface area contributed by atoms with Gasteiger partial charge < -0.3 is 14.5 Å². The summed E-state index contributed by atoms with van der Waals surface area (Å²) in [6, 6.07) is 13.5. The molecule has 0 spiro atoms. The topological polar surface area (TPSA) is 49.9 Å². The summed E-state index contributed by atoms with van der Waals surface area (Å²) in [5.41, 5.74) is 0.833. The van der Waals surface area contributed by atoms with Crippen LogP contribution in [0.3, 0.4) is 0 Å². The molecule has 6 heteroatoms. The van der Waals surface area contributed by atoms with Crippen LogP contribution in [0.15, 0.2) is 48.5 Å². The molecule has 0 bridgehead atoms. The third kappa shape index (κ3) is 4.64. The van der Waals surface area contributed by atoms with Crippen molar-refractivity contribution in [2.45, 2.75) is 25.7 Å². The molecule has 2 aromatic rings. The normalized spacial score (nSPS) is 17.2. The first-order valence-electron chi connectivity index (χ1n) is 10.7. The zero-order valence-electron chi connectivity index (χ0n) is 17.1. The maximum atomic E-state index is 13.9. The monoisotopic (exact) mass is 410 g/mol. The van der Waals surface area contributed by atoms with Crippen molar-refractivity contribution in [3.8, 4) is 5.75 Å². The molecular weight excluding hydrogens is 383 g/mol. The van der Waals surface area contributed by atoms with Crippen molar-refractivity contribution in [3.05, 3.63) is 65.5 Å². The highest BCUT2D eigenvalue weighted by atomic mass is 19.1. The predicted molar refractivity (Wildman–Crippen MR) is 112 cm³/mol. The molecule has 4 rings (SSSR count). The van der Waals surface area contributed by atoms with Crippen molar-refractivity contribution < 1.29 is 18.7 Å². The van der Waals surface area contributed by atoms with Crippen LogP contribution in [0.1, 0.15) is 46.4 Å². The quantitative estimate of drug-likeness (QED) is 0.749. The molecule has 30 heavy (non-hydrogen) atoms. The first-order valence-corrected chi connectivity index (χ1v) is 10.7. The minimum absolute atomic E-state index is 0.0888. The lowest BCUT2D eigenvalue weighted by atomic mass is 9.97. The Morgan fingerprint density at radius 1 is 0.867 bits per heavy atom. The maximum Gasteiger partial charge on any atom is 0.256 e. The van der Waals surface area contributed by atoms with Gasteiger partial charge in [-0.05, 0) is 68.0 Å². The summed E-state index contributed by atoms with van der Waals surface area (Å²) in [7, 11) is 0. The Balaban J connectivity index is 1.24. The number of hydrogen-bond acceptors (Lipinski definition) is 3. The summed E-state index contributed by atoms with van der Waals surface area (Å²) in [5, 5.41) is 0. The first-order chi connectivity index (χ1) is 14.6. The lowest BCUT2D eigenvalue weighted by Gasteiger charge is -2.32. The number of halogens is 1. The summed E-state index contributed by atoms with van der Waals surface area (Å²) in [4.78, 5) is 28.5. The van der Waals surface area contributed by atoms with Crippen molar-refractivity contribution in [3.63, 3.8) is 0 Å². The van der Waals surface area contributed by atoms with Crippen molar-refractivity contribution in [1.29, 1.82) is 0 Å². The number of carbonyl (C=O) groups is 2. The Bertz CT molecular complexity index is 886. The summed E-state index contributed by atoms with van der Waals surface area (Å²) in [5.74, 6) is 0.467. The second-order valence-electron chi connectivity index (χ2n) is 8.05. The van der Waals surface area contributed by atoms with Gasteiger partial charge in [0, 0.05) is 31.7 Å². The minimum Gasteiger partial charge on any atom is -0.493 e. The smallest absolute Gasteiger partial charge is 0.256 e. The minimum atomic E-state index is -0.473. The summed E-state index contributed by atoms with van der Waals surface area (Å²) in [6.45, 7) is 3.46. The molecule has 0 aliphatic carbocycles. The fourth-order valence-corrected chi connectivity index (χ4v) is 4.12. The molecule has 2 aromatic carbocycles. The number of benzene rings is 2. The van der Waals surface area contributed by atoms with E-state index in [0.717, 1.165) is 44.5 Å². The summed E-state index contributed by atoms with van der Waals surface area (Å²) < 4.78 is 19.8. The number of nitrogens with zero attached hydrogens (tertiary/aromatic N) is 2. The van der Waals surface area contributed by atoms with E-state index >= 15 is 0 Å². The third-order valence-electron chi connectivity index (χ3n) is 5.99. The number of rotatable bonds is 5. The van der Waals surface area contributed by atoms with Gasteiger partial charge in [0.1, 0.15) is 11.6 Å². The molecule has 0 radical (unpaired) electrons. The lowest BCUT2D eigenvalue weighted by molar-refractivity contribution is 0.0656. The SMILES string of the molecule is O=C(c1ccc(OCC2CCN(C(=O)c3ccccc3F)CC2)cc1)N1CCCC1. The molecule has 0 aromatic heterocycles. The van der Waals surface area contributed by atoms with Gasteiger partial charge in [-0.15, -0.1) is 0 Å². The van der Waals surface area contributed by atoms with Crippen LogP contribution in [0.25, 0.3) is 0 Å². The Kier molecular flexibility index (Phi) is 6.31. The van der Waals surface area contributed by atoms with Gasteiger partial charge in [0.2, 0.25) is 0 Å². The van der Waals surface area contributed by atoms with Gasteiger partial charge >= 0.3 is 0 Å². The highest BCUT2D eigenvalue weighted by molar-refractivity contribution is 5.95. The Hall–Kier alpha value is -2.89. The molecule has 2 amide bonds. The maximum absolute atomic E-state index is 13.9. The van der Waals surface area contributed by atoms with Gasteiger partial charge in [0.15, 0.2) is 0 Å². The van der Waals surface area contributed by atoms with Gasteiger partial charge in [-0.2, -0.15) is 0 Å². The second-order valence-corrected chi connectivity index (χ2v) is 8.05. The van der Waals surface area contributed by atoms with Crippen LogP contribution in [-0.2, 0) is 0 Å². The van der Waals surface area contributed by atoms with E-state index in [-0.39, 0.29) is 17.4 Å². The van der Waals surface area contributed by atoms with Gasteiger partial charge in [0.05, 0.1) is 12.2 Å². The first kappa shape index (κ1) is 20.4. The fourth-order valence-electron chi connectivity index (χ4n) is 4.12. The zero-order valence-corrected chi connectivity index (χ0v) is 17.1. The average molecular weight is 410 g/mol. The van der Waals surface area contributed by atoms with E-state index in [1.807, 2.05) is 29.2 Å². The molecule has 0 N–H and O–H groups in total. The van der Waals surface area contributed by atoms with Crippen LogP contribution in [-0.4, -0.2) is 54.4 Å². The molecule has 2 heterocycles. The molecule has 2 fully saturated rings. The zero-order chi connectivity index (χ0) is 20.9. The van der Waals surface area contributed by atoms with Crippen LogP contribution in [0.4, 0.5) is 4.39 Å². The molecule has 0 atom stereocenters. The summed E-state index contributed by atoms with van der Waals surface area (Å²) in [6.07, 6.45) is 3.81. The lowest BCUT2D eigenvalue weighted by Crippen LogP contribution is -2.40. The Morgan fingerprint density at radius 3 is 2.17 bits per heavy atom. The second kappa shape index (κ2) is 9.28. The van der Waals surface area contributed by atoms with Crippen molar-refractivity contribution in [1.82, 2.24) is 9.80 Å². The highest BCUT2D eigenvalue weighted by Gasteiger charge is 2.25. The van der Waals surface area contributed by atoms with E-state index in [1.54, 1.807) is 17.0 Å². The number of amides is 2. The van der Waals surface area contributed by atoms with Crippen molar-refractivity contribution in [2.24, 2.45) is 5.92 Å². The van der Waals surface area contributed by atoms with E-state index < -0.39 is 5.82 Å². The number of likely N-dealkylation sites (tertiary alicyclic amines) is 2. The van der Waals surface area contributed by atoms with Gasteiger partial charge in [-0.25, -0.2) is 4.39 Å². The van der Waals surface area contributed by atoms with Crippen LogP contribution >= 0.6 is 0 Å². The Labute approximate surface area is 176 Å². The molecule has 2 aliphatic heterocycles. The molecular formula is C24H27FN2O3. The van der Waals surface area contributed by atoms with E-state index in [4.69, 9.17) is 4.74 Å². The molecule has 0 unspecified atom stereocenters. The molecule has 158 valence electrons. The van der Waals surface area contributed by atoms with Crippen LogP contribution in [0.2, 0.25) is 0 Å². The van der Waals surface area contributed by atoms with Crippen LogP contribution < -0.4 is 4.74 Å². The van der Waals surface area contributed by atoms with E-state index in [1.165, 1.54) is 12.1 Å². The highest BCUT2D eigenvalue weighted by Crippen LogP contribution is 2.22. The van der Waals surface area contributed by atoms with Gasteiger partial charge in [0.25, 0.3) is 11.8 Å². The molecule has 2 aliphatic rings. The van der Waals surface area contributed by atoms with E-state index in [2.05, 4.69) is 0 Å². The standard InChI is InChI=1S/C24H27FN2O3/c25-22-6-2-1-5-21(22)24(29)27-15-11-18(12-16-27)17-30-20-9-7-19(8-10-20)23(28)26-13-3-4-14-26/h1-2,5-10,18H,3-4,11-17H2. The van der Waals surface area contributed by atoms with Gasteiger partial charge in [-0.3, -0.25) is 9.59 Å². The molecule has 0 saturated carbocycles. The number of piperidine rings is 1. The van der Waals surface area contributed by atoms with E-state index in [9.17, 15) is 14.0 Å². The van der Waals surface area contributed by atoms with Crippen LogP contribution in [0.5, 0.6) is 5.75 Å². The van der Waals surface area contributed by atoms with Crippen molar-refractivity contribution in [2.75, 3.05) is 32.8 Å². The van der Waals surface area contributed by atoms with Crippen LogP contribution in [0, 0.1) is 11.7 Å².